The molecule has 0 aliphatic rings. The van der Waals surface area contributed by atoms with Crippen LogP contribution in [-0.4, -0.2) is 30.2 Å². The van der Waals surface area contributed by atoms with Gasteiger partial charge in [-0.15, -0.1) is 0 Å². The van der Waals surface area contributed by atoms with Crippen LogP contribution in [0.3, 0.4) is 0 Å². The van der Waals surface area contributed by atoms with E-state index in [0.29, 0.717) is 5.69 Å². The molecule has 0 heterocycles. The second-order valence-corrected chi connectivity index (χ2v) is 6.86. The molecule has 0 bridgehead atoms. The molecule has 2 aromatic carbocycles. The number of benzene rings is 2. The van der Waals surface area contributed by atoms with E-state index in [1.165, 1.54) is 56.3 Å². The molecule has 0 saturated carbocycles. The van der Waals surface area contributed by atoms with E-state index in [9.17, 15) is 23.4 Å². The molecule has 8 nitrogen and oxygen atoms in total. The molecule has 0 radical (unpaired) electrons. The highest BCUT2D eigenvalue weighted by Gasteiger charge is 2.14. The van der Waals surface area contributed by atoms with Gasteiger partial charge in [-0.3, -0.25) is 4.79 Å². The van der Waals surface area contributed by atoms with E-state index in [1.54, 1.807) is 0 Å². The minimum Gasteiger partial charge on any atom is -0.508 e. The monoisotopic (exact) mass is 363 g/mol. The van der Waals surface area contributed by atoms with E-state index in [2.05, 4.69) is 15.2 Å². The van der Waals surface area contributed by atoms with Gasteiger partial charge in [0.1, 0.15) is 11.5 Å². The van der Waals surface area contributed by atoms with E-state index in [0.717, 1.165) is 0 Å². The third-order valence-electron chi connectivity index (χ3n) is 3.19. The van der Waals surface area contributed by atoms with Gasteiger partial charge in [-0.25, -0.2) is 0 Å². The van der Waals surface area contributed by atoms with Gasteiger partial charge in [0.25, 0.3) is 10.0 Å². The summed E-state index contributed by atoms with van der Waals surface area (Å²) in [4.78, 5) is 13.0. The Morgan fingerprint density at radius 1 is 1.04 bits per heavy atom. The molecule has 0 fully saturated rings. The summed E-state index contributed by atoms with van der Waals surface area (Å²) < 4.78 is 24.5. The molecular weight excluding hydrogens is 346 g/mol. The van der Waals surface area contributed by atoms with Crippen LogP contribution in [-0.2, 0) is 14.8 Å². The average molecular weight is 363 g/mol. The van der Waals surface area contributed by atoms with E-state index in [1.807, 2.05) is 0 Å². The first-order valence-corrected chi connectivity index (χ1v) is 8.63. The number of carbonyl (C=O) groups excluding carboxylic acids is 1. The number of phenols is 2. The van der Waals surface area contributed by atoms with Crippen LogP contribution in [0.4, 0.5) is 5.69 Å². The van der Waals surface area contributed by atoms with Crippen molar-refractivity contribution in [3.05, 3.63) is 48.0 Å². The number of sulfonamides is 1. The molecule has 25 heavy (non-hydrogen) atoms. The summed E-state index contributed by atoms with van der Waals surface area (Å²) in [6.07, 6.45) is 0. The van der Waals surface area contributed by atoms with Gasteiger partial charge in [-0.05, 0) is 49.4 Å². The summed E-state index contributed by atoms with van der Waals surface area (Å²) in [6, 6.07) is 9.40. The standard InChI is InChI=1S/C16H17N3O5S/c1-10(15-9-13(21)5-8-16(15)22)18-19-25(23,24)14-6-3-12(4-7-14)17-11(2)20/h3-9,19,21-22H,1-2H3,(H,17,20). The second kappa shape index (κ2) is 7.22. The number of hydrogen-bond donors (Lipinski definition) is 4. The van der Waals surface area contributed by atoms with Crippen LogP contribution in [0.1, 0.15) is 19.4 Å². The first-order chi connectivity index (χ1) is 11.7. The molecule has 2 rings (SSSR count). The maximum atomic E-state index is 12.2. The lowest BCUT2D eigenvalue weighted by atomic mass is 10.1. The minimum atomic E-state index is -3.93. The number of hydrazone groups is 1. The SMILES string of the molecule is CC(=O)Nc1ccc(S(=O)(=O)NN=C(C)c2cc(O)ccc2O)cc1. The molecule has 0 aliphatic heterocycles. The molecule has 132 valence electrons. The predicted octanol–water partition coefficient (Wildman–Crippen LogP) is 1.76. The quantitative estimate of drug-likeness (QED) is 0.366. The van der Waals surface area contributed by atoms with Gasteiger partial charge in [-0.1, -0.05) is 0 Å². The lowest BCUT2D eigenvalue weighted by Crippen LogP contribution is -2.20. The Hall–Kier alpha value is -3.07. The van der Waals surface area contributed by atoms with E-state index in [4.69, 9.17) is 0 Å². The molecule has 0 aliphatic carbocycles. The summed E-state index contributed by atoms with van der Waals surface area (Å²) in [5.41, 5.74) is 0.839. The molecular formula is C16H17N3O5S. The first-order valence-electron chi connectivity index (χ1n) is 7.15. The number of anilines is 1. The molecule has 0 atom stereocenters. The number of phenolic OH excluding ortho intramolecular Hbond substituents is 2. The number of nitrogens with one attached hydrogen (secondary N) is 2. The predicted molar refractivity (Wildman–Crippen MR) is 93.0 cm³/mol. The van der Waals surface area contributed by atoms with Gasteiger partial charge in [-0.2, -0.15) is 18.4 Å². The minimum absolute atomic E-state index is 0.0433. The molecule has 0 aromatic heterocycles. The summed E-state index contributed by atoms with van der Waals surface area (Å²) in [5, 5.41) is 25.5. The van der Waals surface area contributed by atoms with Crippen molar-refractivity contribution in [3.8, 4) is 11.5 Å². The fourth-order valence-corrected chi connectivity index (χ4v) is 2.83. The Bertz CT molecular complexity index is 921. The van der Waals surface area contributed by atoms with Crippen LogP contribution >= 0.6 is 0 Å². The van der Waals surface area contributed by atoms with Gasteiger partial charge < -0.3 is 15.5 Å². The second-order valence-electron chi connectivity index (χ2n) is 5.20. The van der Waals surface area contributed by atoms with E-state index < -0.39 is 10.0 Å². The Morgan fingerprint density at radius 3 is 2.28 bits per heavy atom. The zero-order chi connectivity index (χ0) is 18.6. The third-order valence-corrected chi connectivity index (χ3v) is 4.41. The molecule has 2 aromatic rings. The largest absolute Gasteiger partial charge is 0.508 e. The average Bonchev–Trinajstić information content (AvgIpc) is 2.55. The van der Waals surface area contributed by atoms with Crippen molar-refractivity contribution in [3.63, 3.8) is 0 Å². The van der Waals surface area contributed by atoms with Crippen molar-refractivity contribution >= 4 is 27.3 Å². The lowest BCUT2D eigenvalue weighted by Gasteiger charge is -2.08. The first kappa shape index (κ1) is 18.3. The fraction of sp³-hybridized carbons (Fsp3) is 0.125. The zero-order valence-corrected chi connectivity index (χ0v) is 14.3. The highest BCUT2D eigenvalue weighted by Crippen LogP contribution is 2.22. The van der Waals surface area contributed by atoms with Gasteiger partial charge >= 0.3 is 0 Å². The van der Waals surface area contributed by atoms with Gasteiger partial charge in [0.05, 0.1) is 10.6 Å². The van der Waals surface area contributed by atoms with Crippen molar-refractivity contribution in [2.45, 2.75) is 18.7 Å². The molecule has 0 saturated heterocycles. The van der Waals surface area contributed by atoms with E-state index >= 15 is 0 Å². The Kier molecular flexibility index (Phi) is 5.28. The normalized spacial score (nSPS) is 11.8. The summed E-state index contributed by atoms with van der Waals surface area (Å²) >= 11 is 0. The van der Waals surface area contributed by atoms with Crippen molar-refractivity contribution < 1.29 is 23.4 Å². The van der Waals surface area contributed by atoms with Crippen LogP contribution in [0.5, 0.6) is 11.5 Å². The van der Waals surface area contributed by atoms with Gasteiger partial charge in [0, 0.05) is 18.2 Å². The Balaban J connectivity index is 2.20. The highest BCUT2D eigenvalue weighted by atomic mass is 32.2. The Labute approximate surface area is 144 Å². The topological polar surface area (TPSA) is 128 Å². The molecule has 9 heteroatoms. The number of rotatable bonds is 5. The highest BCUT2D eigenvalue weighted by molar-refractivity contribution is 7.89. The maximum absolute atomic E-state index is 12.2. The number of carbonyl (C=O) groups is 1. The van der Waals surface area contributed by atoms with Crippen LogP contribution in [0, 0.1) is 0 Å². The van der Waals surface area contributed by atoms with Crippen molar-refractivity contribution in [2.75, 3.05) is 5.32 Å². The summed E-state index contributed by atoms with van der Waals surface area (Å²) in [7, 11) is -3.93. The summed E-state index contributed by atoms with van der Waals surface area (Å²) in [6.45, 7) is 2.83. The maximum Gasteiger partial charge on any atom is 0.276 e. The Morgan fingerprint density at radius 2 is 1.68 bits per heavy atom. The molecule has 0 spiro atoms. The summed E-state index contributed by atoms with van der Waals surface area (Å²) in [5.74, 6) is -0.489. The van der Waals surface area contributed by atoms with Crippen LogP contribution in [0.2, 0.25) is 0 Å². The van der Waals surface area contributed by atoms with Crippen molar-refractivity contribution in [2.24, 2.45) is 5.10 Å². The number of amides is 1. The van der Waals surface area contributed by atoms with Crippen LogP contribution < -0.4 is 10.1 Å². The fourth-order valence-electron chi connectivity index (χ4n) is 1.98. The van der Waals surface area contributed by atoms with E-state index in [-0.39, 0.29) is 33.6 Å². The van der Waals surface area contributed by atoms with Crippen LogP contribution in [0.25, 0.3) is 0 Å². The lowest BCUT2D eigenvalue weighted by molar-refractivity contribution is -0.114. The number of hydrogen-bond acceptors (Lipinski definition) is 6. The number of nitrogens with zero attached hydrogens (tertiary/aromatic N) is 1. The third kappa shape index (κ3) is 4.70. The zero-order valence-electron chi connectivity index (χ0n) is 13.5. The smallest absolute Gasteiger partial charge is 0.276 e. The molecule has 1 amide bonds. The molecule has 0 unspecified atom stereocenters. The van der Waals surface area contributed by atoms with Crippen molar-refractivity contribution in [1.82, 2.24) is 4.83 Å². The van der Waals surface area contributed by atoms with Gasteiger partial charge in [0.15, 0.2) is 0 Å². The number of aromatic hydroxyl groups is 2. The van der Waals surface area contributed by atoms with Crippen LogP contribution in [0.15, 0.2) is 52.5 Å². The van der Waals surface area contributed by atoms with Gasteiger partial charge in [0.2, 0.25) is 5.91 Å². The molecule has 4 N–H and O–H groups in total. The van der Waals surface area contributed by atoms with Crippen molar-refractivity contribution in [1.29, 1.82) is 0 Å².